The molecule has 2 aromatic carbocycles. The van der Waals surface area contributed by atoms with Gasteiger partial charge in [-0.1, -0.05) is 12.1 Å². The topological polar surface area (TPSA) is 38.8 Å². The molecule has 4 nitrogen and oxygen atoms in total. The first-order valence-electron chi connectivity index (χ1n) is 8.52. The first-order chi connectivity index (χ1) is 13.5. The van der Waals surface area contributed by atoms with Crippen molar-refractivity contribution in [1.82, 2.24) is 4.81 Å². The van der Waals surface area contributed by atoms with Crippen molar-refractivity contribution < 1.29 is 22.9 Å². The third-order valence-corrected chi connectivity index (χ3v) is 4.30. The molecule has 0 fully saturated rings. The fraction of sp³-hybridized carbons (Fsp3) is 0.0952. The van der Waals surface area contributed by atoms with Crippen molar-refractivity contribution in [2.45, 2.75) is 0 Å². The van der Waals surface area contributed by atoms with Crippen LogP contribution in [0.2, 0.25) is 0 Å². The van der Waals surface area contributed by atoms with Crippen LogP contribution in [0, 0.1) is 0 Å². The summed E-state index contributed by atoms with van der Waals surface area (Å²) in [5, 5.41) is 0. The van der Waals surface area contributed by atoms with Gasteiger partial charge in [0.1, 0.15) is 11.5 Å². The van der Waals surface area contributed by atoms with Crippen molar-refractivity contribution in [2.75, 3.05) is 14.2 Å². The van der Waals surface area contributed by atoms with Crippen molar-refractivity contribution in [3.63, 3.8) is 0 Å². The van der Waals surface area contributed by atoms with Crippen LogP contribution in [0.1, 0.15) is 15.9 Å². The van der Waals surface area contributed by atoms with Gasteiger partial charge in [0.15, 0.2) is 5.78 Å². The van der Waals surface area contributed by atoms with Crippen LogP contribution in [0.25, 0.3) is 5.57 Å². The third-order valence-electron chi connectivity index (χ3n) is 4.30. The molecule has 0 aliphatic carbocycles. The van der Waals surface area contributed by atoms with Crippen LogP contribution in [0.3, 0.4) is 0 Å². The SMILES string of the molecule is COc1ccc(C(=O)/C=C2\C=C(c3ccc(OC)cc3)C=CN2B(F)F)cc1. The summed E-state index contributed by atoms with van der Waals surface area (Å²) in [6.07, 6.45) is 5.64. The van der Waals surface area contributed by atoms with Gasteiger partial charge in [-0.3, -0.25) is 13.4 Å². The highest BCUT2D eigenvalue weighted by Crippen LogP contribution is 2.28. The van der Waals surface area contributed by atoms with Crippen molar-refractivity contribution in [3.05, 3.63) is 89.8 Å². The number of hydrogen-bond donors (Lipinski definition) is 0. The monoisotopic (exact) mass is 381 g/mol. The Kier molecular flexibility index (Phi) is 5.94. The number of methoxy groups -OCH3 is 2. The van der Waals surface area contributed by atoms with Crippen LogP contribution >= 0.6 is 0 Å². The largest absolute Gasteiger partial charge is 0.677 e. The average molecular weight is 381 g/mol. The summed E-state index contributed by atoms with van der Waals surface area (Å²) in [6, 6.07) is 13.7. The molecule has 0 radical (unpaired) electrons. The molecule has 0 unspecified atom stereocenters. The van der Waals surface area contributed by atoms with Gasteiger partial charge in [-0.2, -0.15) is 0 Å². The minimum absolute atomic E-state index is 0.115. The number of ether oxygens (including phenoxy) is 2. The number of ketones is 1. The molecule has 7 heteroatoms. The second-order valence-corrected chi connectivity index (χ2v) is 5.99. The highest BCUT2D eigenvalue weighted by molar-refractivity contribution is 6.40. The highest BCUT2D eigenvalue weighted by atomic mass is 19.2. The zero-order valence-electron chi connectivity index (χ0n) is 15.4. The van der Waals surface area contributed by atoms with E-state index < -0.39 is 7.40 Å². The van der Waals surface area contributed by atoms with E-state index in [4.69, 9.17) is 9.47 Å². The molecule has 0 amide bonds. The smallest absolute Gasteiger partial charge is 0.497 e. The predicted molar refractivity (Wildman–Crippen MR) is 105 cm³/mol. The third kappa shape index (κ3) is 4.31. The fourth-order valence-corrected chi connectivity index (χ4v) is 2.76. The average Bonchev–Trinajstić information content (AvgIpc) is 2.73. The molecule has 0 spiro atoms. The molecule has 0 saturated carbocycles. The van der Waals surface area contributed by atoms with E-state index in [9.17, 15) is 13.4 Å². The summed E-state index contributed by atoms with van der Waals surface area (Å²) >= 11 is 0. The summed E-state index contributed by atoms with van der Waals surface area (Å²) in [7, 11) is 0.333. The van der Waals surface area contributed by atoms with Crippen molar-refractivity contribution >= 4 is 18.8 Å². The van der Waals surface area contributed by atoms with Crippen LogP contribution < -0.4 is 9.47 Å². The highest BCUT2D eigenvalue weighted by Gasteiger charge is 2.27. The normalized spacial score (nSPS) is 14.6. The van der Waals surface area contributed by atoms with E-state index in [1.165, 1.54) is 19.4 Å². The van der Waals surface area contributed by atoms with Crippen LogP contribution in [-0.4, -0.2) is 32.2 Å². The van der Waals surface area contributed by atoms with Crippen molar-refractivity contribution in [1.29, 1.82) is 0 Å². The van der Waals surface area contributed by atoms with Crippen molar-refractivity contribution in [3.8, 4) is 11.5 Å². The van der Waals surface area contributed by atoms with Crippen LogP contribution in [0.4, 0.5) is 8.63 Å². The number of hydrogen-bond acceptors (Lipinski definition) is 4. The zero-order valence-corrected chi connectivity index (χ0v) is 15.4. The predicted octanol–water partition coefficient (Wildman–Crippen LogP) is 4.61. The lowest BCUT2D eigenvalue weighted by molar-refractivity contribution is 0.104. The molecule has 0 N–H and O–H groups in total. The summed E-state index contributed by atoms with van der Waals surface area (Å²) in [5.41, 5.74) is 2.04. The van der Waals surface area contributed by atoms with E-state index in [1.807, 2.05) is 12.1 Å². The van der Waals surface area contributed by atoms with Gasteiger partial charge in [0.05, 0.1) is 14.2 Å². The zero-order chi connectivity index (χ0) is 20.1. The van der Waals surface area contributed by atoms with Gasteiger partial charge in [-0.05, 0) is 65.9 Å². The lowest BCUT2D eigenvalue weighted by Crippen LogP contribution is -2.28. The summed E-state index contributed by atoms with van der Waals surface area (Å²) in [4.78, 5) is 13.3. The maximum absolute atomic E-state index is 13.4. The van der Waals surface area contributed by atoms with Crippen LogP contribution in [0.15, 0.2) is 78.7 Å². The molecule has 2 aromatic rings. The Labute approximate surface area is 162 Å². The minimum Gasteiger partial charge on any atom is -0.497 e. The number of carbonyl (C=O) groups is 1. The van der Waals surface area contributed by atoms with E-state index >= 15 is 0 Å². The van der Waals surface area contributed by atoms with Crippen molar-refractivity contribution in [2.24, 2.45) is 0 Å². The molecule has 1 aliphatic heterocycles. The lowest BCUT2D eigenvalue weighted by Gasteiger charge is -2.23. The summed E-state index contributed by atoms with van der Waals surface area (Å²) in [5.74, 6) is 0.938. The second-order valence-electron chi connectivity index (χ2n) is 5.99. The molecular formula is C21H18BF2NO3. The Morgan fingerprint density at radius 2 is 1.54 bits per heavy atom. The fourth-order valence-electron chi connectivity index (χ4n) is 2.76. The number of benzene rings is 2. The Morgan fingerprint density at radius 3 is 2.07 bits per heavy atom. The van der Waals surface area contributed by atoms with E-state index in [0.717, 1.165) is 10.4 Å². The van der Waals surface area contributed by atoms with Crippen LogP contribution in [-0.2, 0) is 0 Å². The Morgan fingerprint density at radius 1 is 0.964 bits per heavy atom. The summed E-state index contributed by atoms with van der Waals surface area (Å²) < 4.78 is 37.0. The van der Waals surface area contributed by atoms with E-state index in [-0.39, 0.29) is 11.5 Å². The molecule has 142 valence electrons. The molecule has 1 aliphatic rings. The molecule has 28 heavy (non-hydrogen) atoms. The molecule has 0 aromatic heterocycles. The van der Waals surface area contributed by atoms with Gasteiger partial charge in [-0.25, -0.2) is 0 Å². The Bertz CT molecular complexity index is 935. The maximum Gasteiger partial charge on any atom is 0.677 e. The lowest BCUT2D eigenvalue weighted by atomic mass is 9.97. The van der Waals surface area contributed by atoms with Gasteiger partial charge < -0.3 is 14.3 Å². The Balaban J connectivity index is 1.93. The number of allylic oxidation sites excluding steroid dienone is 4. The van der Waals surface area contributed by atoms with Gasteiger partial charge >= 0.3 is 7.40 Å². The molecule has 0 bridgehead atoms. The van der Waals surface area contributed by atoms with E-state index in [1.54, 1.807) is 55.7 Å². The first-order valence-corrected chi connectivity index (χ1v) is 8.52. The van der Waals surface area contributed by atoms with Gasteiger partial charge in [0.25, 0.3) is 0 Å². The second kappa shape index (κ2) is 8.56. The van der Waals surface area contributed by atoms with Gasteiger partial charge in [0, 0.05) is 17.3 Å². The van der Waals surface area contributed by atoms with E-state index in [0.29, 0.717) is 22.6 Å². The van der Waals surface area contributed by atoms with Gasteiger partial charge in [0.2, 0.25) is 0 Å². The standard InChI is InChI=1S/C21H18BF2NO3/c1-27-19-7-3-15(4-8-19)17-11-12-25(22(23)24)18(13-17)14-21(26)16-5-9-20(28-2)10-6-16/h3-14H,1-2H3/b18-14+. The van der Waals surface area contributed by atoms with E-state index in [2.05, 4.69) is 0 Å². The quantitative estimate of drug-likeness (QED) is 0.416. The molecule has 1 heterocycles. The number of nitrogens with zero attached hydrogens (tertiary/aromatic N) is 1. The van der Waals surface area contributed by atoms with Crippen LogP contribution in [0.5, 0.6) is 11.5 Å². The molecular weight excluding hydrogens is 363 g/mol. The van der Waals surface area contributed by atoms with Gasteiger partial charge in [-0.15, -0.1) is 0 Å². The first kappa shape index (κ1) is 19.4. The number of rotatable bonds is 6. The molecule has 0 atom stereocenters. The number of halogens is 2. The Hall–Kier alpha value is -3.35. The maximum atomic E-state index is 13.4. The number of carbonyl (C=O) groups excluding carboxylic acids is 1. The summed E-state index contributed by atoms with van der Waals surface area (Å²) in [6.45, 7) is 0. The minimum atomic E-state index is -2.76. The molecule has 3 rings (SSSR count). The molecule has 0 saturated heterocycles.